The van der Waals surface area contributed by atoms with Crippen LogP contribution < -0.4 is 10.6 Å². The third-order valence-corrected chi connectivity index (χ3v) is 3.91. The average Bonchev–Trinajstić information content (AvgIpc) is 2.95. The number of anilines is 1. The minimum Gasteiger partial charge on any atom is -0.444 e. The number of aromatic nitrogens is 1. The molecular weight excluding hydrogens is 306 g/mol. The Labute approximate surface area is 142 Å². The van der Waals surface area contributed by atoms with Crippen molar-refractivity contribution in [1.29, 1.82) is 0 Å². The lowest BCUT2D eigenvalue weighted by Crippen LogP contribution is -2.41. The second-order valence-electron chi connectivity index (χ2n) is 6.28. The van der Waals surface area contributed by atoms with Crippen molar-refractivity contribution in [2.75, 3.05) is 11.9 Å². The molecule has 0 spiro atoms. The monoisotopic (exact) mass is 331 g/mol. The summed E-state index contributed by atoms with van der Waals surface area (Å²) >= 11 is 0. The van der Waals surface area contributed by atoms with Crippen molar-refractivity contribution in [3.05, 3.63) is 35.7 Å². The Kier molecular flexibility index (Phi) is 5.98. The topological polar surface area (TPSA) is 87.4 Å². The number of aryl methyl sites for hydroxylation is 2. The lowest BCUT2D eigenvalue weighted by Gasteiger charge is -2.21. The third kappa shape index (κ3) is 4.58. The van der Waals surface area contributed by atoms with Gasteiger partial charge < -0.3 is 20.2 Å². The van der Waals surface area contributed by atoms with Crippen LogP contribution in [0.25, 0.3) is 11.5 Å². The van der Waals surface area contributed by atoms with Gasteiger partial charge in [-0.1, -0.05) is 19.9 Å². The van der Waals surface area contributed by atoms with Crippen molar-refractivity contribution in [3.8, 4) is 11.5 Å². The van der Waals surface area contributed by atoms with Crippen LogP contribution in [0.3, 0.4) is 0 Å². The van der Waals surface area contributed by atoms with E-state index in [1.54, 1.807) is 6.26 Å². The van der Waals surface area contributed by atoms with Gasteiger partial charge in [0.15, 0.2) is 0 Å². The van der Waals surface area contributed by atoms with Crippen molar-refractivity contribution in [2.24, 2.45) is 5.92 Å². The van der Waals surface area contributed by atoms with Gasteiger partial charge >= 0.3 is 6.03 Å². The maximum absolute atomic E-state index is 12.2. The molecule has 130 valence electrons. The van der Waals surface area contributed by atoms with E-state index in [9.17, 15) is 4.79 Å². The van der Waals surface area contributed by atoms with E-state index in [-0.39, 0.29) is 24.6 Å². The van der Waals surface area contributed by atoms with E-state index in [0.717, 1.165) is 16.8 Å². The summed E-state index contributed by atoms with van der Waals surface area (Å²) in [6, 6.07) is 5.23. The molecular formula is C18H25N3O3. The fourth-order valence-electron chi connectivity index (χ4n) is 2.45. The fraction of sp³-hybridized carbons (Fsp3) is 0.444. The van der Waals surface area contributed by atoms with Gasteiger partial charge in [0.05, 0.1) is 5.69 Å². The standard InChI is InChI=1S/C18H25N3O3/c1-11(2)16(7-8-22)21-18(23)20-14-6-5-12(3)15(9-14)17-19-13(4)10-24-17/h5-6,9-11,16,22H,7-8H2,1-4H3,(H2,20,21,23). The van der Waals surface area contributed by atoms with Gasteiger partial charge in [-0.2, -0.15) is 0 Å². The summed E-state index contributed by atoms with van der Waals surface area (Å²) < 4.78 is 5.45. The summed E-state index contributed by atoms with van der Waals surface area (Å²) in [7, 11) is 0. The molecule has 2 rings (SSSR count). The van der Waals surface area contributed by atoms with Crippen molar-refractivity contribution < 1.29 is 14.3 Å². The molecule has 0 saturated heterocycles. The predicted octanol–water partition coefficient (Wildman–Crippen LogP) is 3.49. The predicted molar refractivity (Wildman–Crippen MR) is 93.9 cm³/mol. The number of oxazole rings is 1. The molecule has 0 bridgehead atoms. The van der Waals surface area contributed by atoms with E-state index in [1.807, 2.05) is 45.9 Å². The molecule has 0 radical (unpaired) electrons. The number of hydrogen-bond donors (Lipinski definition) is 3. The van der Waals surface area contributed by atoms with Crippen molar-refractivity contribution >= 4 is 11.7 Å². The number of amides is 2. The second-order valence-corrected chi connectivity index (χ2v) is 6.28. The maximum Gasteiger partial charge on any atom is 0.319 e. The van der Waals surface area contributed by atoms with E-state index in [0.29, 0.717) is 18.0 Å². The lowest BCUT2D eigenvalue weighted by molar-refractivity contribution is 0.227. The summed E-state index contributed by atoms with van der Waals surface area (Å²) in [5, 5.41) is 14.8. The zero-order valence-corrected chi connectivity index (χ0v) is 14.6. The first-order valence-electron chi connectivity index (χ1n) is 8.12. The largest absolute Gasteiger partial charge is 0.444 e. The van der Waals surface area contributed by atoms with Gasteiger partial charge in [-0.05, 0) is 43.9 Å². The summed E-state index contributed by atoms with van der Waals surface area (Å²) in [5.41, 5.74) is 3.33. The highest BCUT2D eigenvalue weighted by Gasteiger charge is 2.16. The van der Waals surface area contributed by atoms with E-state index >= 15 is 0 Å². The number of nitrogens with zero attached hydrogens (tertiary/aromatic N) is 1. The SMILES string of the molecule is Cc1coc(-c2cc(NC(=O)NC(CCO)C(C)C)ccc2C)n1. The Bertz CT molecular complexity index is 695. The normalized spacial score (nSPS) is 12.2. The maximum atomic E-state index is 12.2. The Morgan fingerprint density at radius 3 is 2.67 bits per heavy atom. The number of carbonyl (C=O) groups is 1. The van der Waals surface area contributed by atoms with E-state index in [4.69, 9.17) is 9.52 Å². The van der Waals surface area contributed by atoms with Crippen LogP contribution in [0.15, 0.2) is 28.9 Å². The summed E-state index contributed by atoms with van der Waals surface area (Å²) in [6.07, 6.45) is 2.13. The Morgan fingerprint density at radius 1 is 1.33 bits per heavy atom. The van der Waals surface area contributed by atoms with Gasteiger partial charge in [0, 0.05) is 23.9 Å². The molecule has 2 aromatic rings. The first-order chi connectivity index (χ1) is 11.4. The smallest absolute Gasteiger partial charge is 0.319 e. The first kappa shape index (κ1) is 18.0. The minimum absolute atomic E-state index is 0.0430. The van der Waals surface area contributed by atoms with Crippen molar-refractivity contribution in [3.63, 3.8) is 0 Å². The number of hydrogen-bond acceptors (Lipinski definition) is 4. The summed E-state index contributed by atoms with van der Waals surface area (Å²) in [4.78, 5) is 16.5. The van der Waals surface area contributed by atoms with Crippen LogP contribution in [0.2, 0.25) is 0 Å². The molecule has 3 N–H and O–H groups in total. The van der Waals surface area contributed by atoms with Gasteiger partial charge in [0.1, 0.15) is 6.26 Å². The Morgan fingerprint density at radius 2 is 2.08 bits per heavy atom. The molecule has 0 aliphatic rings. The van der Waals surface area contributed by atoms with Gasteiger partial charge in [-0.25, -0.2) is 9.78 Å². The molecule has 6 heteroatoms. The zero-order valence-electron chi connectivity index (χ0n) is 14.6. The molecule has 0 aliphatic heterocycles. The molecule has 1 atom stereocenters. The van der Waals surface area contributed by atoms with Crippen LogP contribution in [0.5, 0.6) is 0 Å². The van der Waals surface area contributed by atoms with E-state index in [1.165, 1.54) is 0 Å². The number of benzene rings is 1. The first-order valence-corrected chi connectivity index (χ1v) is 8.12. The van der Waals surface area contributed by atoms with Crippen LogP contribution >= 0.6 is 0 Å². The molecule has 1 unspecified atom stereocenters. The van der Waals surface area contributed by atoms with E-state index in [2.05, 4.69) is 15.6 Å². The Balaban J connectivity index is 2.11. The highest BCUT2D eigenvalue weighted by atomic mass is 16.3. The molecule has 24 heavy (non-hydrogen) atoms. The van der Waals surface area contributed by atoms with Gasteiger partial charge in [0.25, 0.3) is 0 Å². The van der Waals surface area contributed by atoms with Crippen molar-refractivity contribution in [2.45, 2.75) is 40.2 Å². The van der Waals surface area contributed by atoms with Crippen LogP contribution in [0.4, 0.5) is 10.5 Å². The number of nitrogens with one attached hydrogen (secondary N) is 2. The highest BCUT2D eigenvalue weighted by Crippen LogP contribution is 2.26. The highest BCUT2D eigenvalue weighted by molar-refractivity contribution is 5.90. The van der Waals surface area contributed by atoms with Crippen LogP contribution in [-0.4, -0.2) is 28.8 Å². The molecule has 1 aromatic heterocycles. The van der Waals surface area contributed by atoms with Crippen LogP contribution in [0, 0.1) is 19.8 Å². The van der Waals surface area contributed by atoms with E-state index < -0.39 is 0 Å². The third-order valence-electron chi connectivity index (χ3n) is 3.91. The molecule has 1 heterocycles. The minimum atomic E-state index is -0.291. The number of aliphatic hydroxyl groups excluding tert-OH is 1. The average molecular weight is 331 g/mol. The van der Waals surface area contributed by atoms with Crippen molar-refractivity contribution in [1.82, 2.24) is 10.3 Å². The number of rotatable bonds is 6. The molecule has 6 nitrogen and oxygen atoms in total. The molecule has 0 fully saturated rings. The lowest BCUT2D eigenvalue weighted by atomic mass is 10.0. The van der Waals surface area contributed by atoms with Crippen LogP contribution in [-0.2, 0) is 0 Å². The van der Waals surface area contributed by atoms with Gasteiger partial charge in [-0.3, -0.25) is 0 Å². The Hall–Kier alpha value is -2.34. The van der Waals surface area contributed by atoms with Gasteiger partial charge in [0.2, 0.25) is 5.89 Å². The molecule has 0 saturated carbocycles. The number of carbonyl (C=O) groups excluding carboxylic acids is 1. The fourth-order valence-corrected chi connectivity index (χ4v) is 2.45. The molecule has 0 aliphatic carbocycles. The number of aliphatic hydroxyl groups is 1. The van der Waals surface area contributed by atoms with Gasteiger partial charge in [-0.15, -0.1) is 0 Å². The molecule has 1 aromatic carbocycles. The van der Waals surface area contributed by atoms with Crippen LogP contribution in [0.1, 0.15) is 31.5 Å². The zero-order chi connectivity index (χ0) is 17.7. The summed E-state index contributed by atoms with van der Waals surface area (Å²) in [5.74, 6) is 0.779. The summed E-state index contributed by atoms with van der Waals surface area (Å²) in [6.45, 7) is 7.90. The number of urea groups is 1. The second kappa shape index (κ2) is 7.97. The quantitative estimate of drug-likeness (QED) is 0.756. The molecule has 2 amide bonds.